The van der Waals surface area contributed by atoms with E-state index in [-0.39, 0.29) is 5.56 Å². The molecule has 0 aliphatic rings. The van der Waals surface area contributed by atoms with Crippen LogP contribution in [-0.4, -0.2) is 39.0 Å². The number of carboxylic acid groups (broad SMARTS) is 1. The predicted octanol–water partition coefficient (Wildman–Crippen LogP) is 1.28. The van der Waals surface area contributed by atoms with Gasteiger partial charge in [0.2, 0.25) is 0 Å². The Morgan fingerprint density at radius 2 is 2.37 bits per heavy atom. The topological polar surface area (TPSA) is 86.3 Å². The number of H-pyrrole nitrogens is 1. The maximum atomic E-state index is 11.8. The molecule has 6 nitrogen and oxygen atoms in total. The van der Waals surface area contributed by atoms with Crippen LogP contribution >= 0.6 is 11.3 Å². The lowest BCUT2D eigenvalue weighted by molar-refractivity contribution is -0.143. The average molecular weight is 281 g/mol. The van der Waals surface area contributed by atoms with E-state index in [0.717, 1.165) is 0 Å². The fourth-order valence-electron chi connectivity index (χ4n) is 2.02. The third-order valence-electron chi connectivity index (χ3n) is 2.97. The molecule has 102 valence electrons. The van der Waals surface area contributed by atoms with Crippen molar-refractivity contribution in [1.82, 2.24) is 14.9 Å². The largest absolute Gasteiger partial charge is 0.480 e. The molecule has 0 amide bonds. The second kappa shape index (κ2) is 5.50. The van der Waals surface area contributed by atoms with Crippen molar-refractivity contribution in [2.24, 2.45) is 0 Å². The lowest BCUT2D eigenvalue weighted by Crippen LogP contribution is -2.38. The number of nitrogens with zero attached hydrogens (tertiary/aromatic N) is 2. The highest BCUT2D eigenvalue weighted by Crippen LogP contribution is 2.14. The quantitative estimate of drug-likeness (QED) is 0.862. The monoisotopic (exact) mass is 281 g/mol. The van der Waals surface area contributed by atoms with Gasteiger partial charge in [0.25, 0.3) is 5.56 Å². The number of aromatic amines is 1. The van der Waals surface area contributed by atoms with Crippen LogP contribution in [0.15, 0.2) is 16.2 Å². The summed E-state index contributed by atoms with van der Waals surface area (Å²) >= 11 is 1.34. The van der Waals surface area contributed by atoms with Gasteiger partial charge in [0.15, 0.2) is 0 Å². The smallest absolute Gasteiger partial charge is 0.320 e. The molecule has 0 bridgehead atoms. The number of hydrogen-bond donors (Lipinski definition) is 2. The predicted molar refractivity (Wildman–Crippen MR) is 73.4 cm³/mol. The fourth-order valence-corrected chi connectivity index (χ4v) is 2.74. The lowest BCUT2D eigenvalue weighted by atomic mass is 10.2. The molecular weight excluding hydrogens is 266 g/mol. The second-order valence-corrected chi connectivity index (χ2v) is 5.24. The molecular formula is C12H15N3O3S. The molecule has 1 unspecified atom stereocenters. The first-order chi connectivity index (χ1) is 9.02. The summed E-state index contributed by atoms with van der Waals surface area (Å²) in [5.41, 5.74) is 0.479. The van der Waals surface area contributed by atoms with Crippen molar-refractivity contribution in [3.8, 4) is 0 Å². The Bertz CT molecular complexity index is 649. The van der Waals surface area contributed by atoms with Crippen LogP contribution in [0.25, 0.3) is 10.2 Å². The minimum absolute atomic E-state index is 0.174. The van der Waals surface area contributed by atoms with Crippen molar-refractivity contribution >= 4 is 27.5 Å². The normalized spacial score (nSPS) is 13.0. The van der Waals surface area contributed by atoms with Crippen LogP contribution in [0.5, 0.6) is 0 Å². The Labute approximate surface area is 113 Å². The van der Waals surface area contributed by atoms with E-state index in [2.05, 4.69) is 9.97 Å². The van der Waals surface area contributed by atoms with Crippen LogP contribution in [0, 0.1) is 0 Å². The van der Waals surface area contributed by atoms with Gasteiger partial charge in [-0.15, -0.1) is 11.3 Å². The molecule has 0 aliphatic heterocycles. The third-order valence-corrected chi connectivity index (χ3v) is 3.87. The number of carboxylic acids is 1. The highest BCUT2D eigenvalue weighted by atomic mass is 32.1. The van der Waals surface area contributed by atoms with E-state index in [1.165, 1.54) is 11.3 Å². The molecule has 2 aromatic heterocycles. The zero-order valence-corrected chi connectivity index (χ0v) is 11.5. The van der Waals surface area contributed by atoms with Gasteiger partial charge in [-0.05, 0) is 24.9 Å². The SMILES string of the molecule is CCC(C(=O)O)N(C)Cc1nc2ccsc2c(=O)[nH]1. The summed E-state index contributed by atoms with van der Waals surface area (Å²) in [4.78, 5) is 31.6. The number of fused-ring (bicyclic) bond motifs is 1. The number of thiophene rings is 1. The van der Waals surface area contributed by atoms with Crippen molar-refractivity contribution in [3.63, 3.8) is 0 Å². The van der Waals surface area contributed by atoms with Crippen molar-refractivity contribution < 1.29 is 9.90 Å². The van der Waals surface area contributed by atoms with E-state index in [1.807, 2.05) is 12.3 Å². The third kappa shape index (κ3) is 2.82. The van der Waals surface area contributed by atoms with Crippen molar-refractivity contribution in [1.29, 1.82) is 0 Å². The fraction of sp³-hybridized carbons (Fsp3) is 0.417. The van der Waals surface area contributed by atoms with Gasteiger partial charge in [-0.1, -0.05) is 6.92 Å². The molecule has 2 heterocycles. The average Bonchev–Trinajstić information content (AvgIpc) is 2.77. The molecule has 1 atom stereocenters. The van der Waals surface area contributed by atoms with Gasteiger partial charge in [0, 0.05) is 0 Å². The maximum Gasteiger partial charge on any atom is 0.320 e. The molecule has 0 radical (unpaired) electrons. The van der Waals surface area contributed by atoms with Crippen LogP contribution in [0.4, 0.5) is 0 Å². The Hall–Kier alpha value is -1.73. The molecule has 0 aromatic carbocycles. The zero-order valence-electron chi connectivity index (χ0n) is 10.7. The Morgan fingerprint density at radius 1 is 1.63 bits per heavy atom. The molecule has 2 N–H and O–H groups in total. The molecule has 0 saturated carbocycles. The van der Waals surface area contributed by atoms with E-state index >= 15 is 0 Å². The first kappa shape index (κ1) is 13.7. The lowest BCUT2D eigenvalue weighted by Gasteiger charge is -2.22. The van der Waals surface area contributed by atoms with Gasteiger partial charge in [-0.2, -0.15) is 0 Å². The van der Waals surface area contributed by atoms with E-state index in [0.29, 0.717) is 29.0 Å². The minimum Gasteiger partial charge on any atom is -0.480 e. The number of hydrogen-bond acceptors (Lipinski definition) is 5. The first-order valence-electron chi connectivity index (χ1n) is 5.92. The van der Waals surface area contributed by atoms with Crippen LogP contribution in [0.3, 0.4) is 0 Å². The second-order valence-electron chi connectivity index (χ2n) is 4.32. The maximum absolute atomic E-state index is 11.8. The Balaban J connectivity index is 2.25. The molecule has 0 spiro atoms. The van der Waals surface area contributed by atoms with Crippen LogP contribution < -0.4 is 5.56 Å². The summed E-state index contributed by atoms with van der Waals surface area (Å²) in [5.74, 6) is -0.387. The van der Waals surface area contributed by atoms with Crippen LogP contribution in [0.2, 0.25) is 0 Å². The molecule has 2 rings (SSSR count). The van der Waals surface area contributed by atoms with Gasteiger partial charge in [-0.25, -0.2) is 4.98 Å². The van der Waals surface area contributed by atoms with Gasteiger partial charge in [0.05, 0.1) is 12.1 Å². The number of carbonyl (C=O) groups is 1. The standard InChI is InChI=1S/C12H15N3O3S/c1-3-8(12(17)18)15(2)6-9-13-7-4-5-19-10(7)11(16)14-9/h4-5,8H,3,6H2,1-2H3,(H,17,18)(H,13,14,16). The van der Waals surface area contributed by atoms with Gasteiger partial charge >= 0.3 is 5.97 Å². The minimum atomic E-state index is -0.871. The highest BCUT2D eigenvalue weighted by molar-refractivity contribution is 7.17. The van der Waals surface area contributed by atoms with E-state index < -0.39 is 12.0 Å². The molecule has 19 heavy (non-hydrogen) atoms. The summed E-state index contributed by atoms with van der Waals surface area (Å²) in [6.07, 6.45) is 0.497. The Morgan fingerprint density at radius 3 is 3.00 bits per heavy atom. The van der Waals surface area contributed by atoms with Gasteiger partial charge in [0.1, 0.15) is 16.6 Å². The Kier molecular flexibility index (Phi) is 3.96. The summed E-state index contributed by atoms with van der Waals surface area (Å²) in [5, 5.41) is 10.9. The molecule has 2 aromatic rings. The number of aliphatic carboxylic acids is 1. The summed E-state index contributed by atoms with van der Waals surface area (Å²) < 4.78 is 0.594. The first-order valence-corrected chi connectivity index (χ1v) is 6.80. The summed E-state index contributed by atoms with van der Waals surface area (Å²) in [7, 11) is 1.71. The molecule has 7 heteroatoms. The highest BCUT2D eigenvalue weighted by Gasteiger charge is 2.21. The van der Waals surface area contributed by atoms with E-state index in [9.17, 15) is 9.59 Å². The molecule has 0 saturated heterocycles. The summed E-state index contributed by atoms with van der Waals surface area (Å²) in [6.45, 7) is 2.11. The zero-order chi connectivity index (χ0) is 14.0. The number of rotatable bonds is 5. The number of nitrogens with one attached hydrogen (secondary N) is 1. The van der Waals surface area contributed by atoms with Gasteiger partial charge < -0.3 is 10.1 Å². The van der Waals surface area contributed by atoms with Crippen LogP contribution in [-0.2, 0) is 11.3 Å². The number of likely N-dealkylation sites (N-methyl/N-ethyl adjacent to an activating group) is 1. The molecule has 0 fully saturated rings. The van der Waals surface area contributed by atoms with Gasteiger partial charge in [-0.3, -0.25) is 14.5 Å². The van der Waals surface area contributed by atoms with Crippen molar-refractivity contribution in [3.05, 3.63) is 27.6 Å². The summed E-state index contributed by atoms with van der Waals surface area (Å²) in [6, 6.07) is 1.20. The molecule has 0 aliphatic carbocycles. The van der Waals surface area contributed by atoms with E-state index in [4.69, 9.17) is 5.11 Å². The van der Waals surface area contributed by atoms with E-state index in [1.54, 1.807) is 18.0 Å². The van der Waals surface area contributed by atoms with Crippen molar-refractivity contribution in [2.45, 2.75) is 25.9 Å². The van der Waals surface area contributed by atoms with Crippen molar-refractivity contribution in [2.75, 3.05) is 7.05 Å². The number of aromatic nitrogens is 2. The van der Waals surface area contributed by atoms with Crippen LogP contribution in [0.1, 0.15) is 19.2 Å².